The first-order valence-electron chi connectivity index (χ1n) is 10.9. The minimum Gasteiger partial charge on any atom is -0.287 e. The van der Waals surface area contributed by atoms with Crippen LogP contribution >= 0.6 is 15.9 Å². The Morgan fingerprint density at radius 3 is 2.75 bits per heavy atom. The van der Waals surface area contributed by atoms with Crippen LogP contribution < -0.4 is 0 Å². The molecule has 1 unspecified atom stereocenters. The third-order valence-corrected chi connectivity index (χ3v) is 6.39. The number of aromatic amines is 1. The topological polar surface area (TPSA) is 63.6 Å². The Labute approximate surface area is 194 Å². The van der Waals surface area contributed by atoms with E-state index in [1.54, 1.807) is 6.20 Å². The summed E-state index contributed by atoms with van der Waals surface area (Å²) in [5.41, 5.74) is 4.07. The summed E-state index contributed by atoms with van der Waals surface area (Å²) in [7, 11) is 0. The Morgan fingerprint density at radius 1 is 1.09 bits per heavy atom. The maximum Gasteiger partial charge on any atom is 0.213 e. The predicted octanol–water partition coefficient (Wildman–Crippen LogP) is 6.69. The molecule has 0 aliphatic rings. The third kappa shape index (κ3) is 3.75. The summed E-state index contributed by atoms with van der Waals surface area (Å²) >= 11 is 3.57. The van der Waals surface area contributed by atoms with E-state index in [0.29, 0.717) is 11.3 Å². The zero-order chi connectivity index (χ0) is 22.1. The van der Waals surface area contributed by atoms with E-state index >= 15 is 0 Å². The maximum atomic E-state index is 13.6. The molecule has 5 aromatic rings. The van der Waals surface area contributed by atoms with Gasteiger partial charge in [-0.1, -0.05) is 78.2 Å². The van der Waals surface area contributed by atoms with E-state index in [2.05, 4.69) is 57.3 Å². The van der Waals surface area contributed by atoms with Crippen LogP contribution in [0.2, 0.25) is 0 Å². The Hall–Kier alpha value is -3.25. The van der Waals surface area contributed by atoms with Crippen LogP contribution in [0.4, 0.5) is 0 Å². The van der Waals surface area contributed by atoms with E-state index in [1.165, 1.54) is 5.56 Å². The fourth-order valence-corrected chi connectivity index (χ4v) is 4.60. The van der Waals surface area contributed by atoms with Crippen molar-refractivity contribution in [3.8, 4) is 0 Å². The van der Waals surface area contributed by atoms with Crippen molar-refractivity contribution in [3.63, 3.8) is 0 Å². The number of ketones is 1. The molecular weight excluding hydrogens is 464 g/mol. The van der Waals surface area contributed by atoms with E-state index in [0.717, 1.165) is 45.5 Å². The molecule has 0 saturated carbocycles. The zero-order valence-corrected chi connectivity index (χ0v) is 19.3. The molecule has 0 aliphatic heterocycles. The monoisotopic (exact) mass is 486 g/mol. The fourth-order valence-electron chi connectivity index (χ4n) is 4.24. The Balaban J connectivity index is 1.66. The molecule has 32 heavy (non-hydrogen) atoms. The van der Waals surface area contributed by atoms with Crippen molar-refractivity contribution in [2.45, 2.75) is 32.2 Å². The largest absolute Gasteiger partial charge is 0.287 e. The Morgan fingerprint density at radius 2 is 1.94 bits per heavy atom. The number of fused-ring (bicyclic) bond motifs is 2. The molecule has 1 atom stereocenters. The first-order chi connectivity index (χ1) is 15.7. The van der Waals surface area contributed by atoms with Crippen LogP contribution in [0.1, 0.15) is 53.8 Å². The van der Waals surface area contributed by atoms with Crippen LogP contribution in [0.15, 0.2) is 77.4 Å². The lowest BCUT2D eigenvalue weighted by molar-refractivity contribution is 0.103. The lowest BCUT2D eigenvalue weighted by Gasteiger charge is -2.19. The molecule has 5 nitrogen and oxygen atoms in total. The average Bonchev–Trinajstić information content (AvgIpc) is 3.44. The summed E-state index contributed by atoms with van der Waals surface area (Å²) < 4.78 is 2.96. The van der Waals surface area contributed by atoms with Gasteiger partial charge >= 0.3 is 0 Å². The summed E-state index contributed by atoms with van der Waals surface area (Å²) in [4.78, 5) is 13.6. The highest BCUT2D eigenvalue weighted by Gasteiger charge is 2.24. The van der Waals surface area contributed by atoms with E-state index in [9.17, 15) is 4.79 Å². The maximum absolute atomic E-state index is 13.6. The van der Waals surface area contributed by atoms with Gasteiger partial charge in [0.1, 0.15) is 5.69 Å². The number of hydrogen-bond acceptors (Lipinski definition) is 3. The average molecular weight is 487 g/mol. The molecule has 0 saturated heterocycles. The highest BCUT2D eigenvalue weighted by atomic mass is 79.9. The molecule has 160 valence electrons. The number of rotatable bonds is 7. The molecule has 0 radical (unpaired) electrons. The summed E-state index contributed by atoms with van der Waals surface area (Å²) in [6.07, 6.45) is 4.89. The fraction of sp³-hybridized carbons (Fsp3) is 0.192. The number of H-pyrrole nitrogens is 1. The summed E-state index contributed by atoms with van der Waals surface area (Å²) in [6.45, 7) is 2.20. The molecule has 2 heterocycles. The van der Waals surface area contributed by atoms with Gasteiger partial charge in [-0.2, -0.15) is 10.2 Å². The predicted molar refractivity (Wildman–Crippen MR) is 131 cm³/mol. The number of carbonyl (C=O) groups is 1. The van der Waals surface area contributed by atoms with Crippen molar-refractivity contribution >= 4 is 43.5 Å². The molecule has 0 fully saturated rings. The molecule has 6 heteroatoms. The van der Waals surface area contributed by atoms with Gasteiger partial charge in [0.2, 0.25) is 5.78 Å². The molecule has 1 N–H and O–H groups in total. The van der Waals surface area contributed by atoms with Gasteiger partial charge < -0.3 is 0 Å². The van der Waals surface area contributed by atoms with Gasteiger partial charge in [-0.15, -0.1) is 0 Å². The van der Waals surface area contributed by atoms with Gasteiger partial charge in [-0.3, -0.25) is 14.6 Å². The van der Waals surface area contributed by atoms with Crippen molar-refractivity contribution < 1.29 is 4.79 Å². The first-order valence-corrected chi connectivity index (χ1v) is 11.7. The number of benzene rings is 3. The van der Waals surface area contributed by atoms with Crippen LogP contribution in [-0.4, -0.2) is 25.8 Å². The first kappa shape index (κ1) is 20.6. The summed E-state index contributed by atoms with van der Waals surface area (Å²) in [5.74, 6) is -0.0920. The van der Waals surface area contributed by atoms with Crippen LogP contribution in [-0.2, 0) is 0 Å². The standard InChI is InChI=1S/C26H23BrN4O/c1-2-3-9-23(17-7-5-4-6-8-17)31-24-13-12-20(27)15-21(24)25(30-31)26(32)18-10-11-19-16-28-29-22(19)14-18/h4-8,10-16,23H,2-3,9H2,1H3,(H,28,29). The van der Waals surface area contributed by atoms with Crippen molar-refractivity contribution in [2.75, 3.05) is 0 Å². The van der Waals surface area contributed by atoms with Crippen LogP contribution in [0.3, 0.4) is 0 Å². The smallest absolute Gasteiger partial charge is 0.213 e. The van der Waals surface area contributed by atoms with Gasteiger partial charge in [-0.25, -0.2) is 0 Å². The summed E-state index contributed by atoms with van der Waals surface area (Å²) in [6, 6.07) is 22.1. The van der Waals surface area contributed by atoms with E-state index < -0.39 is 0 Å². The van der Waals surface area contributed by atoms with E-state index in [4.69, 9.17) is 5.10 Å². The molecule has 5 rings (SSSR count). The number of hydrogen-bond donors (Lipinski definition) is 1. The molecule has 0 spiro atoms. The second kappa shape index (κ2) is 8.71. The molecular formula is C26H23BrN4O. The normalized spacial score (nSPS) is 12.4. The number of aromatic nitrogens is 4. The SMILES string of the molecule is CCCCC(c1ccccc1)n1nc(C(=O)c2ccc3cn[nH]c3c2)c2cc(Br)ccc21. The second-order valence-corrected chi connectivity index (χ2v) is 8.94. The Kier molecular flexibility index (Phi) is 5.62. The number of nitrogens with one attached hydrogen (secondary N) is 1. The van der Waals surface area contributed by atoms with Crippen molar-refractivity contribution in [1.82, 2.24) is 20.0 Å². The van der Waals surface area contributed by atoms with Crippen LogP contribution in [0, 0.1) is 0 Å². The quantitative estimate of drug-likeness (QED) is 0.260. The second-order valence-electron chi connectivity index (χ2n) is 8.02. The third-order valence-electron chi connectivity index (χ3n) is 5.90. The van der Waals surface area contributed by atoms with Crippen molar-refractivity contribution in [1.29, 1.82) is 0 Å². The Bertz CT molecular complexity index is 1400. The minimum absolute atomic E-state index is 0.0662. The van der Waals surface area contributed by atoms with Gasteiger partial charge in [0.15, 0.2) is 0 Å². The van der Waals surface area contributed by atoms with Crippen molar-refractivity contribution in [3.05, 3.63) is 94.2 Å². The molecule has 2 aromatic heterocycles. The van der Waals surface area contributed by atoms with Gasteiger partial charge in [0.05, 0.1) is 23.3 Å². The highest BCUT2D eigenvalue weighted by Crippen LogP contribution is 2.32. The summed E-state index contributed by atoms with van der Waals surface area (Å²) in [5, 5.41) is 13.8. The van der Waals surface area contributed by atoms with E-state index in [1.807, 2.05) is 47.1 Å². The number of halogens is 1. The van der Waals surface area contributed by atoms with E-state index in [-0.39, 0.29) is 11.8 Å². The van der Waals surface area contributed by atoms with Crippen LogP contribution in [0.25, 0.3) is 21.8 Å². The molecule has 0 aliphatic carbocycles. The molecule has 0 amide bonds. The minimum atomic E-state index is -0.0920. The molecule has 3 aromatic carbocycles. The van der Waals surface area contributed by atoms with Gasteiger partial charge in [0.25, 0.3) is 0 Å². The highest BCUT2D eigenvalue weighted by molar-refractivity contribution is 9.10. The lowest BCUT2D eigenvalue weighted by atomic mass is 10.0. The van der Waals surface area contributed by atoms with Crippen LogP contribution in [0.5, 0.6) is 0 Å². The zero-order valence-electron chi connectivity index (χ0n) is 17.8. The van der Waals surface area contributed by atoms with Gasteiger partial charge in [0, 0.05) is 20.8 Å². The van der Waals surface area contributed by atoms with Crippen molar-refractivity contribution in [2.24, 2.45) is 0 Å². The number of carbonyl (C=O) groups excluding carboxylic acids is 1. The lowest BCUT2D eigenvalue weighted by Crippen LogP contribution is -2.13. The number of nitrogens with zero attached hydrogens (tertiary/aromatic N) is 3. The van der Waals surface area contributed by atoms with Gasteiger partial charge in [-0.05, 0) is 36.2 Å². The molecule has 0 bridgehead atoms. The number of unbranched alkanes of at least 4 members (excludes halogenated alkanes) is 1.